The highest BCUT2D eigenvalue weighted by atomic mass is 16.4. The van der Waals surface area contributed by atoms with Gasteiger partial charge in [-0.05, 0) is 19.3 Å². The van der Waals surface area contributed by atoms with Gasteiger partial charge < -0.3 is 10.2 Å². The number of unbranched alkanes of at least 4 members (excludes halogenated alkanes) is 4. The van der Waals surface area contributed by atoms with Gasteiger partial charge in [0.2, 0.25) is 0 Å². The lowest BCUT2D eigenvalue weighted by molar-refractivity contribution is -0.131. The quantitative estimate of drug-likeness (QED) is 0.273. The fourth-order valence-corrected chi connectivity index (χ4v) is 1.16. The first-order valence-electron chi connectivity index (χ1n) is 4.90. The Morgan fingerprint density at radius 1 is 1.14 bits per heavy atom. The topological polar surface area (TPSA) is 57.5 Å². The predicted molar refractivity (Wildman–Crippen MR) is 56.2 cm³/mol. The van der Waals surface area contributed by atoms with Gasteiger partial charge in [0.05, 0.1) is 11.8 Å². The van der Waals surface area contributed by atoms with Gasteiger partial charge in [-0.15, -0.1) is 6.58 Å². The molecule has 0 aromatic heterocycles. The van der Waals surface area contributed by atoms with Crippen LogP contribution in [0.25, 0.3) is 0 Å². The number of aliphatic hydroxyl groups is 1. The number of hydrogen-bond donors (Lipinski definition) is 2. The summed E-state index contributed by atoms with van der Waals surface area (Å²) < 4.78 is 0. The molecule has 14 heavy (non-hydrogen) atoms. The minimum Gasteiger partial charge on any atom is -0.512 e. The highest BCUT2D eigenvalue weighted by Gasteiger charge is 1.97. The Labute approximate surface area is 84.8 Å². The summed E-state index contributed by atoms with van der Waals surface area (Å²) in [5.41, 5.74) is 0. The van der Waals surface area contributed by atoms with E-state index >= 15 is 0 Å². The average molecular weight is 198 g/mol. The van der Waals surface area contributed by atoms with Gasteiger partial charge in [0, 0.05) is 6.42 Å². The van der Waals surface area contributed by atoms with Gasteiger partial charge in [-0.2, -0.15) is 0 Å². The third-order valence-electron chi connectivity index (χ3n) is 1.88. The molecule has 0 aliphatic heterocycles. The van der Waals surface area contributed by atoms with Crippen LogP contribution in [0.5, 0.6) is 0 Å². The van der Waals surface area contributed by atoms with Gasteiger partial charge in [-0.1, -0.05) is 18.9 Å². The summed E-state index contributed by atoms with van der Waals surface area (Å²) in [5, 5.41) is 17.4. The lowest BCUT2D eigenvalue weighted by Crippen LogP contribution is -1.92. The first-order valence-corrected chi connectivity index (χ1v) is 4.90. The first-order chi connectivity index (χ1) is 6.66. The smallest absolute Gasteiger partial charge is 0.331 e. The van der Waals surface area contributed by atoms with Gasteiger partial charge in [-0.25, -0.2) is 4.79 Å². The van der Waals surface area contributed by atoms with Gasteiger partial charge in [0.15, 0.2) is 0 Å². The molecule has 0 aromatic carbocycles. The largest absolute Gasteiger partial charge is 0.512 e. The van der Waals surface area contributed by atoms with Crippen molar-refractivity contribution in [3.05, 3.63) is 24.5 Å². The molecule has 80 valence electrons. The fraction of sp³-hybridized carbons (Fsp3) is 0.545. The molecule has 0 radical (unpaired) electrons. The number of carboxylic acids is 1. The molecule has 0 aromatic rings. The van der Waals surface area contributed by atoms with E-state index in [1.807, 2.05) is 6.08 Å². The molecule has 0 spiro atoms. The zero-order valence-electron chi connectivity index (χ0n) is 8.41. The van der Waals surface area contributed by atoms with Crippen LogP contribution in [0.15, 0.2) is 24.5 Å². The van der Waals surface area contributed by atoms with E-state index < -0.39 is 5.97 Å². The van der Waals surface area contributed by atoms with E-state index in [0.29, 0.717) is 6.42 Å². The Bertz CT molecular complexity index is 207. The Hall–Kier alpha value is -1.25. The van der Waals surface area contributed by atoms with Crippen molar-refractivity contribution in [3.8, 4) is 0 Å². The summed E-state index contributed by atoms with van der Waals surface area (Å²) in [7, 11) is 0. The van der Waals surface area contributed by atoms with E-state index in [2.05, 4.69) is 6.58 Å². The monoisotopic (exact) mass is 198 g/mol. The number of carbonyl (C=O) groups is 1. The van der Waals surface area contributed by atoms with E-state index in [1.54, 1.807) is 0 Å². The Kier molecular flexibility index (Phi) is 7.61. The highest BCUT2D eigenvalue weighted by Crippen LogP contribution is 2.09. The van der Waals surface area contributed by atoms with Crippen LogP contribution in [-0.4, -0.2) is 16.2 Å². The summed E-state index contributed by atoms with van der Waals surface area (Å²) in [4.78, 5) is 10.1. The summed E-state index contributed by atoms with van der Waals surface area (Å²) in [6.07, 6.45) is 8.31. The summed E-state index contributed by atoms with van der Waals surface area (Å²) in [6.45, 7) is 3.63. The van der Waals surface area contributed by atoms with Crippen molar-refractivity contribution in [2.45, 2.75) is 38.5 Å². The number of allylic oxidation sites excluding steroid dienone is 2. The van der Waals surface area contributed by atoms with E-state index in [0.717, 1.165) is 38.2 Å². The van der Waals surface area contributed by atoms with Crippen molar-refractivity contribution < 1.29 is 15.0 Å². The average Bonchev–Trinajstić information content (AvgIpc) is 2.10. The molecule has 0 aliphatic carbocycles. The molecule has 0 fully saturated rings. The molecule has 0 saturated carbocycles. The van der Waals surface area contributed by atoms with Gasteiger partial charge in [0.1, 0.15) is 0 Å². The minimum atomic E-state index is -1.09. The number of aliphatic carboxylic acids is 1. The third kappa shape index (κ3) is 8.84. The van der Waals surface area contributed by atoms with Gasteiger partial charge >= 0.3 is 5.97 Å². The second-order valence-corrected chi connectivity index (χ2v) is 3.22. The second-order valence-electron chi connectivity index (χ2n) is 3.22. The number of rotatable bonds is 8. The Balaban J connectivity index is 3.35. The minimum absolute atomic E-state index is 0.0405. The van der Waals surface area contributed by atoms with Crippen LogP contribution in [0.1, 0.15) is 38.5 Å². The zero-order valence-corrected chi connectivity index (χ0v) is 8.41. The standard InChI is InChI=1S/C11H18O3/c1-2-3-4-5-6-7-8-10(12)9-11(13)14/h2,9,12H,1,3-8H2,(H,13,14). The summed E-state index contributed by atoms with van der Waals surface area (Å²) in [5.74, 6) is -1.13. The molecule has 0 rings (SSSR count). The molecule has 0 atom stereocenters. The summed E-state index contributed by atoms with van der Waals surface area (Å²) in [6, 6.07) is 0. The molecule has 0 bridgehead atoms. The summed E-state index contributed by atoms with van der Waals surface area (Å²) >= 11 is 0. The molecule has 0 unspecified atom stereocenters. The van der Waals surface area contributed by atoms with Gasteiger partial charge in [0.25, 0.3) is 0 Å². The highest BCUT2D eigenvalue weighted by molar-refractivity contribution is 5.80. The van der Waals surface area contributed by atoms with E-state index in [-0.39, 0.29) is 5.76 Å². The van der Waals surface area contributed by atoms with Crippen LogP contribution >= 0.6 is 0 Å². The second kappa shape index (κ2) is 8.35. The zero-order chi connectivity index (χ0) is 10.8. The Morgan fingerprint density at radius 2 is 1.79 bits per heavy atom. The Morgan fingerprint density at radius 3 is 2.36 bits per heavy atom. The molecule has 3 heteroatoms. The van der Waals surface area contributed by atoms with Crippen molar-refractivity contribution in [3.63, 3.8) is 0 Å². The third-order valence-corrected chi connectivity index (χ3v) is 1.88. The van der Waals surface area contributed by atoms with E-state index in [4.69, 9.17) is 10.2 Å². The van der Waals surface area contributed by atoms with Crippen molar-refractivity contribution in [1.82, 2.24) is 0 Å². The van der Waals surface area contributed by atoms with E-state index in [1.165, 1.54) is 0 Å². The SMILES string of the molecule is C=CCCCCCCC(O)=CC(=O)O. The van der Waals surface area contributed by atoms with Crippen LogP contribution in [0.4, 0.5) is 0 Å². The number of carboxylic acid groups (broad SMARTS) is 1. The predicted octanol–water partition coefficient (Wildman–Crippen LogP) is 3.04. The normalized spacial score (nSPS) is 11.3. The molecule has 2 N–H and O–H groups in total. The fourth-order valence-electron chi connectivity index (χ4n) is 1.16. The maximum Gasteiger partial charge on any atom is 0.331 e. The molecule has 3 nitrogen and oxygen atoms in total. The van der Waals surface area contributed by atoms with Crippen LogP contribution in [0, 0.1) is 0 Å². The van der Waals surface area contributed by atoms with Crippen LogP contribution in [0.2, 0.25) is 0 Å². The maximum atomic E-state index is 10.1. The van der Waals surface area contributed by atoms with Crippen molar-refractivity contribution in [1.29, 1.82) is 0 Å². The lowest BCUT2D eigenvalue weighted by atomic mass is 10.1. The molecule has 0 saturated heterocycles. The molecular formula is C11H18O3. The van der Waals surface area contributed by atoms with Crippen LogP contribution in [0.3, 0.4) is 0 Å². The molecule has 0 amide bonds. The molecular weight excluding hydrogens is 180 g/mol. The molecule has 0 heterocycles. The number of hydrogen-bond acceptors (Lipinski definition) is 2. The lowest BCUT2D eigenvalue weighted by Gasteiger charge is -1.99. The van der Waals surface area contributed by atoms with Crippen LogP contribution < -0.4 is 0 Å². The molecule has 0 aliphatic rings. The van der Waals surface area contributed by atoms with Crippen molar-refractivity contribution in [2.75, 3.05) is 0 Å². The first kappa shape index (κ1) is 12.8. The van der Waals surface area contributed by atoms with Crippen molar-refractivity contribution in [2.24, 2.45) is 0 Å². The number of aliphatic hydroxyl groups excluding tert-OH is 1. The van der Waals surface area contributed by atoms with Crippen LogP contribution in [-0.2, 0) is 4.79 Å². The van der Waals surface area contributed by atoms with E-state index in [9.17, 15) is 4.79 Å². The maximum absolute atomic E-state index is 10.1. The van der Waals surface area contributed by atoms with Crippen molar-refractivity contribution >= 4 is 5.97 Å². The van der Waals surface area contributed by atoms with Gasteiger partial charge in [-0.3, -0.25) is 0 Å².